The zero-order valence-corrected chi connectivity index (χ0v) is 37.8. The van der Waals surface area contributed by atoms with Gasteiger partial charge in [-0.25, -0.2) is 0 Å². The predicted octanol–water partition coefficient (Wildman–Crippen LogP) is 0.936. The Morgan fingerprint density at radius 2 is 1.28 bits per heavy atom. The van der Waals surface area contributed by atoms with Gasteiger partial charge in [0.05, 0.1) is 79.6 Å². The Morgan fingerprint density at radius 3 is 1.94 bits per heavy atom. The minimum atomic E-state index is -2.35. The van der Waals surface area contributed by atoms with Crippen molar-refractivity contribution in [2.45, 2.75) is 189 Å². The highest BCUT2D eigenvalue weighted by atomic mass is 16.7. The molecule has 14 unspecified atom stereocenters. The maximum absolute atomic E-state index is 12.6. The van der Waals surface area contributed by atoms with Crippen LogP contribution in [0.5, 0.6) is 0 Å². The number of hydrogen-bond acceptors (Lipinski definition) is 17. The molecule has 2 bridgehead atoms. The van der Waals surface area contributed by atoms with Crippen LogP contribution in [0.3, 0.4) is 0 Å². The van der Waals surface area contributed by atoms with Crippen LogP contribution in [0.1, 0.15) is 91.9 Å². The van der Waals surface area contributed by atoms with Crippen molar-refractivity contribution in [1.82, 2.24) is 0 Å². The summed E-state index contributed by atoms with van der Waals surface area (Å²) in [7, 11) is 0. The number of carboxylic acid groups (broad SMARTS) is 1. The highest BCUT2D eigenvalue weighted by Crippen LogP contribution is 2.38. The third kappa shape index (κ3) is 18.8. The van der Waals surface area contributed by atoms with Crippen LogP contribution in [-0.2, 0) is 28.5 Å². The van der Waals surface area contributed by atoms with Gasteiger partial charge in [-0.3, -0.25) is 9.59 Å². The molecule has 65 heavy (non-hydrogen) atoms. The lowest BCUT2D eigenvalue weighted by Crippen LogP contribution is -2.61. The molecule has 19 atom stereocenters. The first-order valence-corrected chi connectivity index (χ1v) is 22.6. The summed E-state index contributed by atoms with van der Waals surface area (Å²) in [5.41, 5.74) is 6.02. The highest BCUT2D eigenvalue weighted by Gasteiger charge is 2.51. The first-order valence-electron chi connectivity index (χ1n) is 22.6. The van der Waals surface area contributed by atoms with Crippen molar-refractivity contribution in [1.29, 1.82) is 0 Å². The number of carbonyl (C=O) groups is 2. The van der Waals surface area contributed by atoms with E-state index in [1.54, 1.807) is 38.2 Å². The normalized spacial score (nSPS) is 45.2. The van der Waals surface area contributed by atoms with Crippen molar-refractivity contribution >= 4 is 11.9 Å². The van der Waals surface area contributed by atoms with Crippen LogP contribution in [0.4, 0.5) is 0 Å². The summed E-state index contributed by atoms with van der Waals surface area (Å²) in [6.07, 6.45) is 2.28. The molecule has 3 aliphatic rings. The van der Waals surface area contributed by atoms with Crippen LogP contribution >= 0.6 is 0 Å². The number of hydrogen-bond donors (Lipinski definition) is 12. The molecule has 3 aliphatic heterocycles. The van der Waals surface area contributed by atoms with E-state index in [9.17, 15) is 65.8 Å². The molecule has 0 aliphatic carbocycles. The van der Waals surface area contributed by atoms with Gasteiger partial charge in [-0.05, 0) is 52.4 Å². The molecule has 13 N–H and O–H groups in total. The Hall–Kier alpha value is -3.18. The van der Waals surface area contributed by atoms with Crippen molar-refractivity contribution in [2.75, 3.05) is 0 Å². The third-order valence-electron chi connectivity index (χ3n) is 12.2. The quantitative estimate of drug-likeness (QED) is 0.175. The molecule has 18 heteroatoms. The average molecular weight is 926 g/mol. The number of cyclic esters (lactones) is 1. The first kappa shape index (κ1) is 56.1. The number of nitrogens with two attached hydrogens (primary N) is 1. The van der Waals surface area contributed by atoms with Gasteiger partial charge in [-0.2, -0.15) is 0 Å². The lowest BCUT2D eigenvalue weighted by Gasteiger charge is -2.45. The van der Waals surface area contributed by atoms with Gasteiger partial charge in [0.25, 0.3) is 0 Å². The fourth-order valence-corrected chi connectivity index (χ4v) is 8.11. The molecule has 2 fully saturated rings. The van der Waals surface area contributed by atoms with Gasteiger partial charge in [-0.15, -0.1) is 0 Å². The number of carboxylic acids is 1. The minimum absolute atomic E-state index is 0.138. The summed E-state index contributed by atoms with van der Waals surface area (Å²) < 4.78 is 23.2. The number of aliphatic hydroxyl groups excluding tert-OH is 9. The zero-order valence-electron chi connectivity index (χ0n) is 37.8. The molecule has 3 heterocycles. The number of rotatable bonds is 3. The van der Waals surface area contributed by atoms with E-state index in [1.165, 1.54) is 13.0 Å². The van der Waals surface area contributed by atoms with E-state index < -0.39 is 141 Å². The van der Waals surface area contributed by atoms with E-state index >= 15 is 0 Å². The molecule has 0 aromatic heterocycles. The summed E-state index contributed by atoms with van der Waals surface area (Å²) in [6, 6.07) is -1.14. The third-order valence-corrected chi connectivity index (χ3v) is 12.2. The molecule has 370 valence electrons. The van der Waals surface area contributed by atoms with E-state index in [1.807, 2.05) is 49.5 Å². The number of aliphatic hydroxyl groups is 10. The second-order valence-electron chi connectivity index (χ2n) is 17.8. The molecule has 0 radical (unpaired) electrons. The summed E-state index contributed by atoms with van der Waals surface area (Å²) >= 11 is 0. The summed E-state index contributed by atoms with van der Waals surface area (Å²) in [5, 5.41) is 118. The first-order chi connectivity index (χ1) is 30.6. The van der Waals surface area contributed by atoms with Crippen molar-refractivity contribution in [3.05, 3.63) is 72.9 Å². The fraction of sp³-hybridized carbons (Fsp3) is 0.702. The number of aliphatic carboxylic acids is 1. The maximum atomic E-state index is 12.6. The molecular formula is C47H75NO17. The molecule has 2 saturated heterocycles. The van der Waals surface area contributed by atoms with Crippen LogP contribution in [0.25, 0.3) is 0 Å². The maximum Gasteiger partial charge on any atom is 0.311 e. The van der Waals surface area contributed by atoms with Crippen LogP contribution in [0.15, 0.2) is 72.9 Å². The van der Waals surface area contributed by atoms with Gasteiger partial charge in [0.1, 0.15) is 18.1 Å². The average Bonchev–Trinajstić information content (AvgIpc) is 3.21. The van der Waals surface area contributed by atoms with Crippen LogP contribution in [0, 0.1) is 17.8 Å². The SMILES string of the molecule is CC1OC(OC2/C=C/C=C/C=C/C=C/CC/C=C/C=C\[C@H](C)[C@@H](O)[C@@H](C)[C@H](C)OC(=O)CC(O)CC(O)CC(O)CCC(O)C(O)C[C@]3(O)CC(O)C(C(=O)O)C(C2)O3)C(O)C(N)C1O. The Morgan fingerprint density at radius 1 is 0.692 bits per heavy atom. The highest BCUT2D eigenvalue weighted by molar-refractivity contribution is 5.71. The van der Waals surface area contributed by atoms with Crippen molar-refractivity contribution in [2.24, 2.45) is 23.5 Å². The second kappa shape index (κ2) is 27.6. The zero-order chi connectivity index (χ0) is 48.4. The Kier molecular flexibility index (Phi) is 23.8. The standard InChI is InChI=1S/C47H75NO17/c1-27-17-15-13-11-9-7-5-6-8-10-12-14-16-18-34(64-46-44(58)41(48)43(57)30(4)63-46)24-38-40(45(59)60)37(54)26-47(61,65-38)25-36(53)35(52)20-19-31(49)21-32(50)22-33(51)23-39(55)62-29(3)28(2)42(27)56/h5-6,8,10-18,27-38,40-44,46,49-54,56-58,61H,7,9,19-26,48H2,1-4H3,(H,59,60)/b6-5+,10-8+,13-11+,14-12+,17-15-,18-16+/t27-,28-,29-,30?,31?,32?,33?,34?,35?,36?,37?,38?,40?,41?,42+,43?,44?,46?,47+/m0/s1. The van der Waals surface area contributed by atoms with Gasteiger partial charge in [0.15, 0.2) is 12.1 Å². The number of ether oxygens (including phenoxy) is 4. The van der Waals surface area contributed by atoms with Crippen molar-refractivity contribution in [3.63, 3.8) is 0 Å². The van der Waals surface area contributed by atoms with Gasteiger partial charge in [-0.1, -0.05) is 86.8 Å². The molecule has 0 spiro atoms. The number of fused-ring (bicyclic) bond motifs is 2. The Bertz CT molecular complexity index is 1620. The summed E-state index contributed by atoms with van der Waals surface area (Å²) in [6.45, 7) is 6.78. The molecule has 0 aromatic carbocycles. The molecule has 3 rings (SSSR count). The summed E-state index contributed by atoms with van der Waals surface area (Å²) in [5.74, 6) is -6.82. The Labute approximate surface area is 381 Å². The molecule has 18 nitrogen and oxygen atoms in total. The van der Waals surface area contributed by atoms with Gasteiger partial charge in [0.2, 0.25) is 0 Å². The number of carbonyl (C=O) groups excluding carboxylic acids is 1. The van der Waals surface area contributed by atoms with Crippen LogP contribution in [0.2, 0.25) is 0 Å². The van der Waals surface area contributed by atoms with Crippen LogP contribution in [-0.4, -0.2) is 166 Å². The summed E-state index contributed by atoms with van der Waals surface area (Å²) in [4.78, 5) is 25.1. The monoisotopic (exact) mass is 926 g/mol. The largest absolute Gasteiger partial charge is 0.481 e. The van der Waals surface area contributed by atoms with Gasteiger partial charge < -0.3 is 80.9 Å². The number of esters is 1. The number of allylic oxidation sites excluding steroid dienone is 10. The van der Waals surface area contributed by atoms with Crippen molar-refractivity contribution in [3.8, 4) is 0 Å². The minimum Gasteiger partial charge on any atom is -0.481 e. The van der Waals surface area contributed by atoms with Gasteiger partial charge >= 0.3 is 11.9 Å². The van der Waals surface area contributed by atoms with Gasteiger partial charge in [0, 0.05) is 31.1 Å². The van der Waals surface area contributed by atoms with E-state index in [-0.39, 0.29) is 38.0 Å². The molecular weight excluding hydrogens is 851 g/mol. The second-order valence-corrected chi connectivity index (χ2v) is 17.8. The van der Waals surface area contributed by atoms with E-state index in [2.05, 4.69) is 0 Å². The lowest BCUT2D eigenvalue weighted by atomic mass is 9.82. The lowest BCUT2D eigenvalue weighted by molar-refractivity contribution is -0.310. The molecule has 0 aromatic rings. The Balaban J connectivity index is 1.84. The van der Waals surface area contributed by atoms with E-state index in [0.29, 0.717) is 0 Å². The topological polar surface area (TPSA) is 320 Å². The molecule has 0 amide bonds. The van der Waals surface area contributed by atoms with Crippen molar-refractivity contribution < 1.29 is 84.7 Å². The van der Waals surface area contributed by atoms with E-state index in [0.717, 1.165) is 12.8 Å². The van der Waals surface area contributed by atoms with E-state index in [4.69, 9.17) is 24.7 Å². The predicted molar refractivity (Wildman–Crippen MR) is 237 cm³/mol. The smallest absolute Gasteiger partial charge is 0.311 e. The molecule has 0 saturated carbocycles. The fourth-order valence-electron chi connectivity index (χ4n) is 8.11. The van der Waals surface area contributed by atoms with Crippen LogP contribution < -0.4 is 5.73 Å².